The molecule has 1 atom stereocenters. The largest absolute Gasteiger partial charge is 0.433 e. The van der Waals surface area contributed by atoms with E-state index in [1.165, 1.54) is 6.42 Å². The van der Waals surface area contributed by atoms with Gasteiger partial charge in [-0.15, -0.1) is 0 Å². The zero-order valence-electron chi connectivity index (χ0n) is 18.8. The molecule has 174 valence electrons. The summed E-state index contributed by atoms with van der Waals surface area (Å²) in [7, 11) is 0. The van der Waals surface area contributed by atoms with Crippen LogP contribution in [0.15, 0.2) is 54.7 Å². The van der Waals surface area contributed by atoms with Crippen molar-refractivity contribution in [2.24, 2.45) is 5.92 Å². The van der Waals surface area contributed by atoms with E-state index in [0.717, 1.165) is 60.2 Å². The number of aryl methyl sites for hydroxylation is 1. The molecule has 1 aliphatic carbocycles. The van der Waals surface area contributed by atoms with E-state index in [0.29, 0.717) is 5.69 Å². The Hall–Kier alpha value is -2.93. The first-order valence-corrected chi connectivity index (χ1v) is 11.3. The van der Waals surface area contributed by atoms with Crippen molar-refractivity contribution < 1.29 is 18.3 Å². The minimum atomic E-state index is -4.53. The zero-order chi connectivity index (χ0) is 23.6. The van der Waals surface area contributed by atoms with Crippen LogP contribution in [0.2, 0.25) is 0 Å². The molecule has 0 amide bonds. The molecule has 0 aliphatic heterocycles. The Labute approximate surface area is 191 Å². The maximum absolute atomic E-state index is 13.0. The van der Waals surface area contributed by atoms with Crippen LogP contribution in [0.3, 0.4) is 0 Å². The molecule has 1 heterocycles. The van der Waals surface area contributed by atoms with E-state index in [2.05, 4.69) is 15.3 Å². The van der Waals surface area contributed by atoms with E-state index < -0.39 is 17.5 Å². The number of benzene rings is 2. The lowest BCUT2D eigenvalue weighted by molar-refractivity contribution is -0.141. The quantitative estimate of drug-likeness (QED) is 0.435. The molecule has 1 aliphatic rings. The predicted octanol–water partition coefficient (Wildman–Crippen LogP) is 7.00. The second kappa shape index (κ2) is 9.14. The van der Waals surface area contributed by atoms with Crippen LogP contribution in [0, 0.1) is 12.8 Å². The standard InChI is InChI=1S/C26H28F3N3O/c1-17-14-19(16-22(15-17)31-24-30-13-12-23(32-24)26(27,28)29)18-8-10-21(11-9-18)25(2,33)20-6-4-3-5-7-20/h8-16,20,33H,3-7H2,1-2H3,(H,30,31,32). The first-order chi connectivity index (χ1) is 15.6. The van der Waals surface area contributed by atoms with Crippen LogP contribution in [-0.4, -0.2) is 15.1 Å². The van der Waals surface area contributed by atoms with Crippen LogP contribution in [0.25, 0.3) is 11.1 Å². The summed E-state index contributed by atoms with van der Waals surface area (Å²) in [6, 6.07) is 14.4. The fourth-order valence-electron chi connectivity index (χ4n) is 4.63. The average molecular weight is 456 g/mol. The Morgan fingerprint density at radius 3 is 2.30 bits per heavy atom. The second-order valence-electron chi connectivity index (χ2n) is 9.04. The second-order valence-corrected chi connectivity index (χ2v) is 9.04. The summed E-state index contributed by atoms with van der Waals surface area (Å²) >= 11 is 0. The smallest absolute Gasteiger partial charge is 0.385 e. The van der Waals surface area contributed by atoms with Crippen molar-refractivity contribution in [3.05, 3.63) is 71.5 Å². The van der Waals surface area contributed by atoms with E-state index in [-0.39, 0.29) is 11.9 Å². The van der Waals surface area contributed by atoms with Gasteiger partial charge in [-0.2, -0.15) is 13.2 Å². The van der Waals surface area contributed by atoms with E-state index in [1.807, 2.05) is 56.3 Å². The van der Waals surface area contributed by atoms with Gasteiger partial charge >= 0.3 is 6.18 Å². The summed E-state index contributed by atoms with van der Waals surface area (Å²) in [5, 5.41) is 14.1. The number of nitrogens with zero attached hydrogens (tertiary/aromatic N) is 2. The lowest BCUT2D eigenvalue weighted by Crippen LogP contribution is -2.33. The van der Waals surface area contributed by atoms with Gasteiger partial charge in [-0.05, 0) is 73.1 Å². The Morgan fingerprint density at radius 1 is 0.939 bits per heavy atom. The number of aromatic nitrogens is 2. The molecule has 7 heteroatoms. The van der Waals surface area contributed by atoms with Gasteiger partial charge in [-0.1, -0.05) is 49.6 Å². The first kappa shape index (κ1) is 23.2. The molecule has 4 rings (SSSR count). The Balaban J connectivity index is 1.57. The summed E-state index contributed by atoms with van der Waals surface area (Å²) in [5.74, 6) is 0.152. The highest BCUT2D eigenvalue weighted by Crippen LogP contribution is 2.39. The fourth-order valence-corrected chi connectivity index (χ4v) is 4.63. The monoisotopic (exact) mass is 455 g/mol. The molecular weight excluding hydrogens is 427 g/mol. The molecule has 2 aromatic carbocycles. The highest BCUT2D eigenvalue weighted by atomic mass is 19.4. The van der Waals surface area contributed by atoms with Gasteiger partial charge in [-0.3, -0.25) is 0 Å². The molecule has 33 heavy (non-hydrogen) atoms. The van der Waals surface area contributed by atoms with Gasteiger partial charge in [0.2, 0.25) is 5.95 Å². The molecule has 0 spiro atoms. The molecule has 1 saturated carbocycles. The molecular formula is C26H28F3N3O. The van der Waals surface area contributed by atoms with Crippen LogP contribution < -0.4 is 5.32 Å². The van der Waals surface area contributed by atoms with E-state index in [9.17, 15) is 18.3 Å². The van der Waals surface area contributed by atoms with E-state index in [4.69, 9.17) is 0 Å². The van der Waals surface area contributed by atoms with Crippen molar-refractivity contribution in [2.45, 2.75) is 57.7 Å². The summed E-state index contributed by atoms with van der Waals surface area (Å²) < 4.78 is 38.9. The van der Waals surface area contributed by atoms with Crippen LogP contribution in [0.1, 0.15) is 55.8 Å². The van der Waals surface area contributed by atoms with Crippen molar-refractivity contribution in [3.8, 4) is 11.1 Å². The third kappa shape index (κ3) is 5.36. The summed E-state index contributed by atoms with van der Waals surface area (Å²) in [5.41, 5.74) is 2.46. The van der Waals surface area contributed by atoms with Gasteiger partial charge in [-0.25, -0.2) is 9.97 Å². The van der Waals surface area contributed by atoms with E-state index >= 15 is 0 Å². The molecule has 0 radical (unpaired) electrons. The Kier molecular flexibility index (Phi) is 6.43. The maximum Gasteiger partial charge on any atom is 0.433 e. The number of alkyl halides is 3. The van der Waals surface area contributed by atoms with Crippen LogP contribution in [0.4, 0.5) is 24.8 Å². The Bertz CT molecular complexity index is 1100. The minimum Gasteiger partial charge on any atom is -0.385 e. The van der Waals surface area contributed by atoms with Crippen molar-refractivity contribution in [1.82, 2.24) is 9.97 Å². The lowest BCUT2D eigenvalue weighted by Gasteiger charge is -2.36. The molecule has 1 aromatic heterocycles. The third-order valence-electron chi connectivity index (χ3n) is 6.48. The molecule has 3 aromatic rings. The van der Waals surface area contributed by atoms with Crippen molar-refractivity contribution in [3.63, 3.8) is 0 Å². The highest BCUT2D eigenvalue weighted by Gasteiger charge is 2.34. The minimum absolute atomic E-state index is 0.111. The highest BCUT2D eigenvalue weighted by molar-refractivity contribution is 5.71. The Morgan fingerprint density at radius 2 is 1.64 bits per heavy atom. The number of anilines is 2. The number of hydrogen-bond donors (Lipinski definition) is 2. The molecule has 1 fully saturated rings. The van der Waals surface area contributed by atoms with Crippen LogP contribution in [0.5, 0.6) is 0 Å². The van der Waals surface area contributed by atoms with E-state index in [1.54, 1.807) is 0 Å². The number of rotatable bonds is 5. The SMILES string of the molecule is Cc1cc(Nc2nccc(C(F)(F)F)n2)cc(-c2ccc(C(C)(O)C3CCCCC3)cc2)c1. The topological polar surface area (TPSA) is 58.0 Å². The van der Waals surface area contributed by atoms with Gasteiger partial charge in [0.1, 0.15) is 5.69 Å². The molecule has 1 unspecified atom stereocenters. The predicted molar refractivity (Wildman–Crippen MR) is 123 cm³/mol. The van der Waals surface area contributed by atoms with Gasteiger partial charge < -0.3 is 10.4 Å². The number of hydrogen-bond acceptors (Lipinski definition) is 4. The number of nitrogens with one attached hydrogen (secondary N) is 1. The third-order valence-corrected chi connectivity index (χ3v) is 6.48. The number of halogens is 3. The zero-order valence-corrected chi connectivity index (χ0v) is 18.8. The van der Waals surface area contributed by atoms with Crippen molar-refractivity contribution in [1.29, 1.82) is 0 Å². The molecule has 2 N–H and O–H groups in total. The van der Waals surface area contributed by atoms with Crippen LogP contribution >= 0.6 is 0 Å². The first-order valence-electron chi connectivity index (χ1n) is 11.3. The maximum atomic E-state index is 13.0. The molecule has 0 saturated heterocycles. The van der Waals surface area contributed by atoms with Crippen LogP contribution in [-0.2, 0) is 11.8 Å². The summed E-state index contributed by atoms with van der Waals surface area (Å²) in [4.78, 5) is 7.49. The normalized spacial score (nSPS) is 16.9. The number of aliphatic hydroxyl groups is 1. The lowest BCUT2D eigenvalue weighted by atomic mass is 9.74. The van der Waals surface area contributed by atoms with Gasteiger partial charge in [0.05, 0.1) is 5.60 Å². The van der Waals surface area contributed by atoms with Gasteiger partial charge in [0, 0.05) is 11.9 Å². The van der Waals surface area contributed by atoms with Crippen molar-refractivity contribution in [2.75, 3.05) is 5.32 Å². The molecule has 0 bridgehead atoms. The van der Waals surface area contributed by atoms with Gasteiger partial charge in [0.15, 0.2) is 0 Å². The fraction of sp³-hybridized carbons (Fsp3) is 0.385. The van der Waals surface area contributed by atoms with Gasteiger partial charge in [0.25, 0.3) is 0 Å². The molecule has 4 nitrogen and oxygen atoms in total. The summed E-state index contributed by atoms with van der Waals surface area (Å²) in [6.45, 7) is 3.83. The summed E-state index contributed by atoms with van der Waals surface area (Å²) in [6.07, 6.45) is 2.20. The average Bonchev–Trinajstić information content (AvgIpc) is 2.79. The van der Waals surface area contributed by atoms with Crippen molar-refractivity contribution >= 4 is 11.6 Å².